The van der Waals surface area contributed by atoms with Crippen molar-refractivity contribution in [3.8, 4) is 17.3 Å². The van der Waals surface area contributed by atoms with E-state index in [0.717, 1.165) is 47.1 Å². The Bertz CT molecular complexity index is 1290. The second kappa shape index (κ2) is 7.71. The van der Waals surface area contributed by atoms with Crippen LogP contribution < -0.4 is 9.03 Å². The maximum absolute atomic E-state index is 12.9. The number of carbonyl (C=O) groups excluding carboxylic acids is 1. The molecule has 3 aliphatic heterocycles. The third-order valence-electron chi connectivity index (χ3n) is 6.88. The number of hydrogen-bond acceptors (Lipinski definition) is 5. The van der Waals surface area contributed by atoms with E-state index in [1.165, 1.54) is 3.71 Å². The van der Waals surface area contributed by atoms with Gasteiger partial charge in [0.15, 0.2) is 0 Å². The van der Waals surface area contributed by atoms with Crippen LogP contribution in [0.15, 0.2) is 40.9 Å². The van der Waals surface area contributed by atoms with E-state index in [-0.39, 0.29) is 11.9 Å². The third-order valence-corrected chi connectivity index (χ3v) is 9.75. The van der Waals surface area contributed by atoms with Gasteiger partial charge in [-0.1, -0.05) is 0 Å². The van der Waals surface area contributed by atoms with E-state index >= 15 is 0 Å². The number of hydrogen-bond donors (Lipinski definition) is 1. The number of amides is 1. The molecule has 1 N–H and O–H groups in total. The Kier molecular flexibility index (Phi) is 4.81. The van der Waals surface area contributed by atoms with Gasteiger partial charge < -0.3 is 0 Å². The van der Waals surface area contributed by atoms with Crippen molar-refractivity contribution in [1.82, 2.24) is 24.8 Å². The Morgan fingerprint density at radius 1 is 1.31 bits per heavy atom. The molecule has 0 bridgehead atoms. The van der Waals surface area contributed by atoms with Crippen LogP contribution in [-0.4, -0.2) is 72.2 Å². The number of nitrogens with zero attached hydrogens (tertiary/aromatic N) is 5. The number of nitriles is 1. The predicted molar refractivity (Wildman–Crippen MR) is 123 cm³/mol. The van der Waals surface area contributed by atoms with Crippen molar-refractivity contribution in [3.63, 3.8) is 0 Å². The van der Waals surface area contributed by atoms with Gasteiger partial charge in [0.2, 0.25) is 0 Å². The van der Waals surface area contributed by atoms with E-state index in [4.69, 9.17) is 0 Å². The molecule has 2 fully saturated rings. The van der Waals surface area contributed by atoms with Gasteiger partial charge in [-0.15, -0.1) is 0 Å². The predicted octanol–water partition coefficient (Wildman–Crippen LogP) is 1.62. The van der Waals surface area contributed by atoms with Crippen LogP contribution in [0.1, 0.15) is 24.8 Å². The summed E-state index contributed by atoms with van der Waals surface area (Å²) in [6, 6.07) is 10.6. The van der Waals surface area contributed by atoms with Crippen molar-refractivity contribution < 1.29 is 4.79 Å². The molecule has 2 radical (unpaired) electrons. The fraction of sp³-hybridized carbons (Fsp3) is 0.333. The minimum atomic E-state index is -0.753. The summed E-state index contributed by atoms with van der Waals surface area (Å²) in [4.78, 5) is 24.0. The summed E-state index contributed by atoms with van der Waals surface area (Å²) in [6.45, 7) is 2.03. The van der Waals surface area contributed by atoms with Crippen LogP contribution in [-0.2, 0) is 10.3 Å². The molecule has 32 heavy (non-hydrogen) atoms. The van der Waals surface area contributed by atoms with E-state index in [9.17, 15) is 10.1 Å². The van der Waals surface area contributed by atoms with Crippen molar-refractivity contribution >= 4 is 47.7 Å². The summed E-state index contributed by atoms with van der Waals surface area (Å²) in [5, 5.41) is 14.1. The van der Waals surface area contributed by atoms with Crippen molar-refractivity contribution in [1.29, 1.82) is 5.26 Å². The van der Waals surface area contributed by atoms with Crippen molar-refractivity contribution in [2.75, 3.05) is 19.6 Å². The molecule has 1 unspecified atom stereocenters. The first-order valence-corrected chi connectivity index (χ1v) is 14.1. The molecule has 6 rings (SSSR count). The number of likely N-dealkylation sites (tertiary alicyclic amines) is 1. The number of benzene rings is 1. The fourth-order valence-corrected chi connectivity index (χ4v) is 7.84. The molecule has 158 valence electrons. The second-order valence-corrected chi connectivity index (χ2v) is 11.9. The first-order chi connectivity index (χ1) is 15.7. The molecule has 1 aromatic carbocycles. The molecule has 1 atom stereocenters. The van der Waals surface area contributed by atoms with Gasteiger partial charge in [-0.3, -0.25) is 0 Å². The Hall–Kier alpha value is -2.70. The van der Waals surface area contributed by atoms with Gasteiger partial charge in [-0.25, -0.2) is 0 Å². The molecule has 2 aromatic heterocycles. The maximum atomic E-state index is 12.9. The number of fused-ring (bicyclic) bond motifs is 2. The van der Waals surface area contributed by atoms with Gasteiger partial charge in [-0.05, 0) is 13.0 Å². The van der Waals surface area contributed by atoms with Crippen LogP contribution in [0.25, 0.3) is 28.2 Å². The normalized spacial score (nSPS) is 20.8. The quantitative estimate of drug-likeness (QED) is 0.520. The number of carbonyl (C=O) groups is 1. The van der Waals surface area contributed by atoms with Gasteiger partial charge in [0.25, 0.3) is 0 Å². The van der Waals surface area contributed by atoms with Gasteiger partial charge >= 0.3 is 184 Å². The zero-order valence-electron chi connectivity index (χ0n) is 17.6. The SMILES string of the molecule is N#CCC1(n2cc(-c3ncn[c]4c3C=[CH][Sn]4)c3ccccc32)CN(C(=O)C2CCCN2)C1. The summed E-state index contributed by atoms with van der Waals surface area (Å²) in [5.74, 6) is 0.164. The number of para-hydroxylation sites is 1. The van der Waals surface area contributed by atoms with E-state index in [0.29, 0.717) is 19.5 Å². The van der Waals surface area contributed by atoms with Crippen LogP contribution in [0.2, 0.25) is 0 Å². The molecule has 8 heteroatoms. The average Bonchev–Trinajstić information content (AvgIpc) is 3.55. The molecule has 7 nitrogen and oxygen atoms in total. The Morgan fingerprint density at radius 3 is 3.00 bits per heavy atom. The standard InChI is InChI=1S/C24H22N6O.Sn/c1-2-17-12-26-16-28-22(17)19-13-30(21-8-4-3-6-18(19)21)24(9-10-25)14-29(15-24)23(31)20-7-5-11-27-20;/h1-4,6,8,13,16,20,27H,5,7,9,11,14-15H2;. The fourth-order valence-electron chi connectivity index (χ4n) is 5.28. The van der Waals surface area contributed by atoms with Crippen molar-refractivity contribution in [3.05, 3.63) is 46.4 Å². The topological polar surface area (TPSA) is 86.8 Å². The summed E-state index contributed by atoms with van der Waals surface area (Å²) >= 11 is -0.753. The van der Waals surface area contributed by atoms with E-state index in [1.54, 1.807) is 6.33 Å². The van der Waals surface area contributed by atoms with Gasteiger partial charge in [0, 0.05) is 0 Å². The zero-order chi connectivity index (χ0) is 21.7. The molecule has 3 aliphatic rings. The molecule has 0 saturated carbocycles. The molecule has 0 aliphatic carbocycles. The monoisotopic (exact) mass is 530 g/mol. The average molecular weight is 529 g/mol. The number of rotatable bonds is 4. The Balaban J connectivity index is 1.43. The van der Waals surface area contributed by atoms with E-state index in [1.807, 2.05) is 17.0 Å². The molecule has 2 saturated heterocycles. The van der Waals surface area contributed by atoms with Crippen LogP contribution in [0, 0.1) is 11.3 Å². The third kappa shape index (κ3) is 3.00. The summed E-state index contributed by atoms with van der Waals surface area (Å²) in [6.07, 6.45) is 8.30. The Labute approximate surface area is 196 Å². The number of aromatic nitrogens is 3. The van der Waals surface area contributed by atoms with Gasteiger partial charge in [0.1, 0.15) is 0 Å². The molecule has 1 amide bonds. The van der Waals surface area contributed by atoms with Crippen LogP contribution in [0.5, 0.6) is 0 Å². The summed E-state index contributed by atoms with van der Waals surface area (Å²) in [7, 11) is 0. The van der Waals surface area contributed by atoms with E-state index in [2.05, 4.69) is 54.4 Å². The molecular weight excluding hydrogens is 507 g/mol. The van der Waals surface area contributed by atoms with E-state index < -0.39 is 26.7 Å². The van der Waals surface area contributed by atoms with Gasteiger partial charge in [0.05, 0.1) is 0 Å². The number of nitrogens with one attached hydrogen (secondary N) is 1. The summed E-state index contributed by atoms with van der Waals surface area (Å²) < 4.78 is 5.74. The van der Waals surface area contributed by atoms with Crippen molar-refractivity contribution in [2.24, 2.45) is 0 Å². The Morgan fingerprint density at radius 2 is 2.19 bits per heavy atom. The summed E-state index contributed by atoms with van der Waals surface area (Å²) in [5.41, 5.74) is 3.86. The van der Waals surface area contributed by atoms with Crippen LogP contribution in [0.4, 0.5) is 0 Å². The zero-order valence-corrected chi connectivity index (χ0v) is 20.4. The van der Waals surface area contributed by atoms with Gasteiger partial charge in [-0.2, -0.15) is 0 Å². The molecule has 0 spiro atoms. The molecule has 3 aromatic rings. The first kappa shape index (κ1) is 19.9. The van der Waals surface area contributed by atoms with Crippen LogP contribution >= 0.6 is 0 Å². The molecule has 5 heterocycles. The van der Waals surface area contributed by atoms with Crippen molar-refractivity contribution in [2.45, 2.75) is 30.8 Å². The van der Waals surface area contributed by atoms with Crippen LogP contribution in [0.3, 0.4) is 0 Å². The molecular formula is C24H22N6OSn. The second-order valence-electron chi connectivity index (χ2n) is 8.79. The minimum absolute atomic E-state index is 0.0763. The first-order valence-electron chi connectivity index (χ1n) is 11.0.